The van der Waals surface area contributed by atoms with Crippen LogP contribution in [0.25, 0.3) is 0 Å². The van der Waals surface area contributed by atoms with Crippen molar-refractivity contribution < 1.29 is 4.79 Å². The van der Waals surface area contributed by atoms with Crippen LogP contribution in [0, 0.1) is 11.8 Å². The molecule has 0 bridgehead atoms. The lowest BCUT2D eigenvalue weighted by Crippen LogP contribution is -2.14. The Kier molecular flexibility index (Phi) is 4.47. The molecule has 1 rings (SSSR count). The van der Waals surface area contributed by atoms with Gasteiger partial charge in [-0.2, -0.15) is 0 Å². The predicted molar refractivity (Wildman–Crippen MR) is 55.7 cm³/mol. The average molecular weight is 182 g/mol. The summed E-state index contributed by atoms with van der Waals surface area (Å²) >= 11 is 0. The highest BCUT2D eigenvalue weighted by Gasteiger charge is 2.20. The Bertz CT molecular complexity index is 157. The van der Waals surface area contributed by atoms with Crippen molar-refractivity contribution in [3.05, 3.63) is 0 Å². The van der Waals surface area contributed by atoms with Crippen LogP contribution >= 0.6 is 0 Å². The molecule has 13 heavy (non-hydrogen) atoms. The van der Waals surface area contributed by atoms with Gasteiger partial charge in [0.1, 0.15) is 5.78 Å². The lowest BCUT2D eigenvalue weighted by atomic mass is 9.92. The van der Waals surface area contributed by atoms with Crippen molar-refractivity contribution in [3.63, 3.8) is 0 Å². The monoisotopic (exact) mass is 182 g/mol. The molecule has 0 saturated heterocycles. The van der Waals surface area contributed by atoms with E-state index >= 15 is 0 Å². The van der Waals surface area contributed by atoms with Crippen molar-refractivity contribution in [1.82, 2.24) is 0 Å². The molecule has 0 aromatic heterocycles. The molecule has 76 valence electrons. The van der Waals surface area contributed by atoms with Crippen LogP contribution in [-0.4, -0.2) is 5.78 Å². The third-order valence-electron chi connectivity index (χ3n) is 3.24. The smallest absolute Gasteiger partial charge is 0.135 e. The van der Waals surface area contributed by atoms with Crippen molar-refractivity contribution in [3.8, 4) is 0 Å². The van der Waals surface area contributed by atoms with E-state index < -0.39 is 0 Å². The summed E-state index contributed by atoms with van der Waals surface area (Å²) in [5, 5.41) is 0. The standard InChI is InChI=1S/C12H22O/c1-3-6-10(2)12(13)9-11-7-4-5-8-11/h10-11H,3-9H2,1-2H3. The molecule has 0 aliphatic heterocycles. The van der Waals surface area contributed by atoms with Crippen molar-refractivity contribution in [2.75, 3.05) is 0 Å². The van der Waals surface area contributed by atoms with E-state index in [0.29, 0.717) is 11.7 Å². The first kappa shape index (κ1) is 10.7. The average Bonchev–Trinajstić information content (AvgIpc) is 2.57. The number of ketones is 1. The molecule has 0 spiro atoms. The summed E-state index contributed by atoms with van der Waals surface area (Å²) in [6.45, 7) is 4.24. The van der Waals surface area contributed by atoms with E-state index in [1.807, 2.05) is 0 Å². The molecular formula is C12H22O. The quantitative estimate of drug-likeness (QED) is 0.635. The van der Waals surface area contributed by atoms with E-state index in [0.717, 1.165) is 25.2 Å². The van der Waals surface area contributed by atoms with Crippen LogP contribution in [0.15, 0.2) is 0 Å². The molecule has 0 heterocycles. The van der Waals surface area contributed by atoms with Gasteiger partial charge in [-0.1, -0.05) is 46.0 Å². The van der Waals surface area contributed by atoms with Crippen LogP contribution in [0.2, 0.25) is 0 Å². The van der Waals surface area contributed by atoms with E-state index in [-0.39, 0.29) is 0 Å². The molecule has 1 heteroatoms. The van der Waals surface area contributed by atoms with Crippen LogP contribution in [0.5, 0.6) is 0 Å². The van der Waals surface area contributed by atoms with Gasteiger partial charge in [0.25, 0.3) is 0 Å². The van der Waals surface area contributed by atoms with E-state index in [4.69, 9.17) is 0 Å². The Morgan fingerprint density at radius 2 is 2.00 bits per heavy atom. The molecule has 1 fully saturated rings. The lowest BCUT2D eigenvalue weighted by Gasteiger charge is -2.12. The first-order valence-corrected chi connectivity index (χ1v) is 5.76. The number of rotatable bonds is 5. The number of hydrogen-bond acceptors (Lipinski definition) is 1. The van der Waals surface area contributed by atoms with E-state index in [1.54, 1.807) is 0 Å². The minimum atomic E-state index is 0.311. The first-order valence-electron chi connectivity index (χ1n) is 5.76. The molecular weight excluding hydrogens is 160 g/mol. The van der Waals surface area contributed by atoms with E-state index in [1.165, 1.54) is 25.7 Å². The van der Waals surface area contributed by atoms with Gasteiger partial charge in [0.05, 0.1) is 0 Å². The molecule has 0 aromatic carbocycles. The predicted octanol–water partition coefficient (Wildman–Crippen LogP) is 3.57. The molecule has 1 aliphatic carbocycles. The minimum Gasteiger partial charge on any atom is -0.299 e. The molecule has 1 saturated carbocycles. The Labute approximate surface area is 81.9 Å². The van der Waals surface area contributed by atoms with Crippen LogP contribution < -0.4 is 0 Å². The summed E-state index contributed by atoms with van der Waals surface area (Å²) in [5.74, 6) is 1.55. The molecule has 0 amide bonds. The Morgan fingerprint density at radius 3 is 2.54 bits per heavy atom. The van der Waals surface area contributed by atoms with Crippen molar-refractivity contribution in [2.24, 2.45) is 11.8 Å². The van der Waals surface area contributed by atoms with Crippen LogP contribution in [0.4, 0.5) is 0 Å². The fraction of sp³-hybridized carbons (Fsp3) is 0.917. The number of carbonyl (C=O) groups is 1. The zero-order chi connectivity index (χ0) is 9.68. The van der Waals surface area contributed by atoms with Crippen molar-refractivity contribution in [1.29, 1.82) is 0 Å². The van der Waals surface area contributed by atoms with E-state index in [9.17, 15) is 4.79 Å². The lowest BCUT2D eigenvalue weighted by molar-refractivity contribution is -0.123. The fourth-order valence-electron chi connectivity index (χ4n) is 2.29. The minimum absolute atomic E-state index is 0.311. The van der Waals surface area contributed by atoms with Gasteiger partial charge in [-0.25, -0.2) is 0 Å². The summed E-state index contributed by atoms with van der Waals surface area (Å²) in [5.41, 5.74) is 0. The topological polar surface area (TPSA) is 17.1 Å². The summed E-state index contributed by atoms with van der Waals surface area (Å²) in [4.78, 5) is 11.7. The van der Waals surface area contributed by atoms with Gasteiger partial charge in [0.2, 0.25) is 0 Å². The Hall–Kier alpha value is -0.330. The normalized spacial score (nSPS) is 20.5. The molecule has 1 aliphatic rings. The van der Waals surface area contributed by atoms with Crippen LogP contribution in [0.3, 0.4) is 0 Å². The van der Waals surface area contributed by atoms with Crippen molar-refractivity contribution in [2.45, 2.75) is 58.8 Å². The maximum absolute atomic E-state index is 11.7. The summed E-state index contributed by atoms with van der Waals surface area (Å²) in [6.07, 6.45) is 8.36. The maximum atomic E-state index is 11.7. The van der Waals surface area contributed by atoms with E-state index in [2.05, 4.69) is 13.8 Å². The molecule has 1 atom stereocenters. The van der Waals surface area contributed by atoms with Gasteiger partial charge in [-0.05, 0) is 12.3 Å². The van der Waals surface area contributed by atoms with Crippen molar-refractivity contribution >= 4 is 5.78 Å². The van der Waals surface area contributed by atoms with Gasteiger partial charge < -0.3 is 0 Å². The highest BCUT2D eigenvalue weighted by molar-refractivity contribution is 5.80. The van der Waals surface area contributed by atoms with Gasteiger partial charge >= 0.3 is 0 Å². The zero-order valence-corrected chi connectivity index (χ0v) is 9.01. The Balaban J connectivity index is 2.22. The first-order chi connectivity index (χ1) is 6.24. The Morgan fingerprint density at radius 1 is 1.38 bits per heavy atom. The molecule has 0 radical (unpaired) electrons. The summed E-state index contributed by atoms with van der Waals surface area (Å²) < 4.78 is 0. The fourth-order valence-corrected chi connectivity index (χ4v) is 2.29. The molecule has 1 unspecified atom stereocenters. The molecule has 1 nitrogen and oxygen atoms in total. The van der Waals surface area contributed by atoms with Crippen LogP contribution in [-0.2, 0) is 4.79 Å². The second-order valence-electron chi connectivity index (χ2n) is 4.51. The number of Topliss-reactive ketones (excluding diaryl/α,β-unsaturated/α-hetero) is 1. The number of hydrogen-bond donors (Lipinski definition) is 0. The number of carbonyl (C=O) groups excluding carboxylic acids is 1. The zero-order valence-electron chi connectivity index (χ0n) is 9.01. The summed E-state index contributed by atoms with van der Waals surface area (Å²) in [7, 11) is 0. The maximum Gasteiger partial charge on any atom is 0.135 e. The second-order valence-corrected chi connectivity index (χ2v) is 4.51. The van der Waals surface area contributed by atoms with Gasteiger partial charge in [-0.15, -0.1) is 0 Å². The molecule has 0 aromatic rings. The van der Waals surface area contributed by atoms with Gasteiger partial charge in [-0.3, -0.25) is 4.79 Å². The van der Waals surface area contributed by atoms with Gasteiger partial charge in [0.15, 0.2) is 0 Å². The third-order valence-corrected chi connectivity index (χ3v) is 3.24. The third kappa shape index (κ3) is 3.50. The summed E-state index contributed by atoms with van der Waals surface area (Å²) in [6, 6.07) is 0. The SMILES string of the molecule is CCCC(C)C(=O)CC1CCCC1. The van der Waals surface area contributed by atoms with Gasteiger partial charge in [0, 0.05) is 12.3 Å². The molecule has 0 N–H and O–H groups in total. The second kappa shape index (κ2) is 5.41. The van der Waals surface area contributed by atoms with Crippen LogP contribution in [0.1, 0.15) is 58.8 Å². The highest BCUT2D eigenvalue weighted by Crippen LogP contribution is 2.29. The largest absolute Gasteiger partial charge is 0.299 e. The highest BCUT2D eigenvalue weighted by atomic mass is 16.1.